The number of H-pyrrole nitrogens is 1. The van der Waals surface area contributed by atoms with Gasteiger partial charge in [0.25, 0.3) is 0 Å². The summed E-state index contributed by atoms with van der Waals surface area (Å²) >= 11 is 7.22. The van der Waals surface area contributed by atoms with Crippen LogP contribution in [0.5, 0.6) is 5.75 Å². The molecule has 0 spiro atoms. The first-order valence-electron chi connectivity index (χ1n) is 6.62. The number of phenols is 1. The van der Waals surface area contributed by atoms with Gasteiger partial charge in [-0.3, -0.25) is 0 Å². The topological polar surface area (TPSA) is 67.0 Å². The summed E-state index contributed by atoms with van der Waals surface area (Å²) in [4.78, 5) is 4.37. The first-order valence-corrected chi connectivity index (χ1v) is 8.02. The number of benzene rings is 1. The standard InChI is InChI=1S/C14H17N3OS2/c15-4-3-10-7-16-14(19)17(10)11-5-9-6-12(18)1-2-13(9)20-8-11/h1-2,6-7,11,18H,3-5,8,15H2,(H,16,19)/t11-/m1/s1. The second-order valence-corrected chi connectivity index (χ2v) is 6.40. The minimum absolute atomic E-state index is 0.314. The molecule has 2 heterocycles. The third-order valence-corrected chi connectivity index (χ3v) is 5.16. The largest absolute Gasteiger partial charge is 0.508 e. The van der Waals surface area contributed by atoms with E-state index in [1.807, 2.05) is 30.1 Å². The third-order valence-electron chi connectivity index (χ3n) is 3.59. The van der Waals surface area contributed by atoms with Crippen LogP contribution in [0.2, 0.25) is 0 Å². The highest BCUT2D eigenvalue weighted by molar-refractivity contribution is 7.99. The van der Waals surface area contributed by atoms with Crippen molar-refractivity contribution in [3.63, 3.8) is 0 Å². The number of imidazole rings is 1. The first-order chi connectivity index (χ1) is 9.69. The Morgan fingerprint density at radius 1 is 1.50 bits per heavy atom. The average molecular weight is 307 g/mol. The molecular formula is C14H17N3OS2. The van der Waals surface area contributed by atoms with Crippen LogP contribution in [0.4, 0.5) is 0 Å². The molecule has 0 aliphatic carbocycles. The number of nitrogens with one attached hydrogen (secondary N) is 1. The van der Waals surface area contributed by atoms with Crippen LogP contribution in [0.15, 0.2) is 29.3 Å². The second kappa shape index (κ2) is 5.63. The maximum Gasteiger partial charge on any atom is 0.177 e. The molecule has 4 N–H and O–H groups in total. The molecule has 1 aliphatic rings. The SMILES string of the molecule is NCCc1c[nH]c(=S)n1[C@H]1CSc2ccc(O)cc2C1. The van der Waals surface area contributed by atoms with Crippen LogP contribution in [-0.4, -0.2) is 27.0 Å². The van der Waals surface area contributed by atoms with Crippen molar-refractivity contribution in [1.82, 2.24) is 9.55 Å². The van der Waals surface area contributed by atoms with E-state index in [0.29, 0.717) is 18.3 Å². The smallest absolute Gasteiger partial charge is 0.177 e. The van der Waals surface area contributed by atoms with E-state index < -0.39 is 0 Å². The van der Waals surface area contributed by atoms with E-state index in [0.717, 1.165) is 29.1 Å². The number of rotatable bonds is 3. The van der Waals surface area contributed by atoms with E-state index in [2.05, 4.69) is 9.55 Å². The molecule has 1 aromatic heterocycles. The van der Waals surface area contributed by atoms with Gasteiger partial charge in [-0.05, 0) is 48.9 Å². The van der Waals surface area contributed by atoms with Gasteiger partial charge in [0, 0.05) is 35.0 Å². The highest BCUT2D eigenvalue weighted by atomic mass is 32.2. The molecule has 1 aromatic carbocycles. The van der Waals surface area contributed by atoms with E-state index in [9.17, 15) is 5.11 Å². The van der Waals surface area contributed by atoms with Gasteiger partial charge >= 0.3 is 0 Å². The Morgan fingerprint density at radius 3 is 3.15 bits per heavy atom. The fraction of sp³-hybridized carbons (Fsp3) is 0.357. The summed E-state index contributed by atoms with van der Waals surface area (Å²) in [7, 11) is 0. The zero-order chi connectivity index (χ0) is 14.1. The van der Waals surface area contributed by atoms with E-state index in [1.165, 1.54) is 10.5 Å². The molecule has 6 heteroatoms. The summed E-state index contributed by atoms with van der Waals surface area (Å²) in [6, 6.07) is 5.90. The zero-order valence-electron chi connectivity index (χ0n) is 11.0. The van der Waals surface area contributed by atoms with E-state index in [-0.39, 0.29) is 0 Å². The maximum absolute atomic E-state index is 9.64. The van der Waals surface area contributed by atoms with Gasteiger partial charge in [0.1, 0.15) is 5.75 Å². The number of aromatic hydroxyl groups is 1. The summed E-state index contributed by atoms with van der Waals surface area (Å²) in [6.07, 6.45) is 3.67. The third kappa shape index (κ3) is 2.51. The average Bonchev–Trinajstić information content (AvgIpc) is 2.79. The number of phenolic OH excluding ortho intramolecular Hbond substituents is 1. The minimum atomic E-state index is 0.314. The number of hydrogen-bond donors (Lipinski definition) is 3. The molecule has 0 fully saturated rings. The van der Waals surface area contributed by atoms with Crippen molar-refractivity contribution in [2.45, 2.75) is 23.8 Å². The lowest BCUT2D eigenvalue weighted by Gasteiger charge is -2.26. The summed E-state index contributed by atoms with van der Waals surface area (Å²) < 4.78 is 2.94. The van der Waals surface area contributed by atoms with Crippen LogP contribution in [0.25, 0.3) is 0 Å². The summed E-state index contributed by atoms with van der Waals surface area (Å²) in [5.41, 5.74) is 8.01. The highest BCUT2D eigenvalue weighted by Crippen LogP contribution is 2.37. The number of thioether (sulfide) groups is 1. The number of fused-ring (bicyclic) bond motifs is 1. The van der Waals surface area contributed by atoms with Gasteiger partial charge in [-0.25, -0.2) is 0 Å². The Hall–Kier alpha value is -1.24. The van der Waals surface area contributed by atoms with Crippen LogP contribution >= 0.6 is 24.0 Å². The molecule has 1 atom stereocenters. The van der Waals surface area contributed by atoms with Crippen LogP contribution in [0.1, 0.15) is 17.3 Å². The number of nitrogens with two attached hydrogens (primary N) is 1. The fourth-order valence-corrected chi connectivity index (χ4v) is 4.14. The number of hydrogen-bond acceptors (Lipinski definition) is 4. The quantitative estimate of drug-likeness (QED) is 0.763. The molecule has 0 bridgehead atoms. The summed E-state index contributed by atoms with van der Waals surface area (Å²) in [5.74, 6) is 1.31. The lowest BCUT2D eigenvalue weighted by Crippen LogP contribution is -2.21. The van der Waals surface area contributed by atoms with Crippen molar-refractivity contribution in [2.75, 3.05) is 12.3 Å². The van der Waals surface area contributed by atoms with E-state index in [1.54, 1.807) is 6.07 Å². The minimum Gasteiger partial charge on any atom is -0.508 e. The number of nitrogens with zero attached hydrogens (tertiary/aromatic N) is 1. The monoisotopic (exact) mass is 307 g/mol. The number of aromatic nitrogens is 2. The Bertz CT molecular complexity index is 677. The summed E-state index contributed by atoms with van der Waals surface area (Å²) in [5, 5.41) is 9.64. The molecule has 20 heavy (non-hydrogen) atoms. The molecule has 3 rings (SSSR count). The van der Waals surface area contributed by atoms with Gasteiger partial charge in [-0.2, -0.15) is 0 Å². The lowest BCUT2D eigenvalue weighted by atomic mass is 10.1. The molecule has 106 valence electrons. The molecule has 2 aromatic rings. The van der Waals surface area contributed by atoms with Crippen molar-refractivity contribution in [3.8, 4) is 5.75 Å². The van der Waals surface area contributed by atoms with Crippen LogP contribution in [-0.2, 0) is 12.8 Å². The van der Waals surface area contributed by atoms with Crippen molar-refractivity contribution in [3.05, 3.63) is 40.4 Å². The predicted molar refractivity (Wildman–Crippen MR) is 83.9 cm³/mol. The fourth-order valence-electron chi connectivity index (χ4n) is 2.69. The van der Waals surface area contributed by atoms with E-state index >= 15 is 0 Å². The Balaban J connectivity index is 1.94. The van der Waals surface area contributed by atoms with Gasteiger partial charge in [0.05, 0.1) is 0 Å². The molecule has 1 aliphatic heterocycles. The Kier molecular flexibility index (Phi) is 3.87. The number of aromatic amines is 1. The zero-order valence-corrected chi connectivity index (χ0v) is 12.6. The van der Waals surface area contributed by atoms with Crippen molar-refractivity contribution in [2.24, 2.45) is 5.73 Å². The van der Waals surface area contributed by atoms with Gasteiger partial charge in [-0.1, -0.05) is 0 Å². The summed E-state index contributed by atoms with van der Waals surface area (Å²) in [6.45, 7) is 0.615. The van der Waals surface area contributed by atoms with Crippen molar-refractivity contribution < 1.29 is 5.11 Å². The van der Waals surface area contributed by atoms with Gasteiger partial charge in [0.2, 0.25) is 0 Å². The van der Waals surface area contributed by atoms with Gasteiger partial charge < -0.3 is 20.4 Å². The lowest BCUT2D eigenvalue weighted by molar-refractivity contribution is 0.470. The highest BCUT2D eigenvalue weighted by Gasteiger charge is 2.23. The van der Waals surface area contributed by atoms with Crippen LogP contribution < -0.4 is 5.73 Å². The molecule has 0 unspecified atom stereocenters. The van der Waals surface area contributed by atoms with Crippen molar-refractivity contribution in [1.29, 1.82) is 0 Å². The van der Waals surface area contributed by atoms with E-state index in [4.69, 9.17) is 18.0 Å². The van der Waals surface area contributed by atoms with Crippen LogP contribution in [0, 0.1) is 4.77 Å². The van der Waals surface area contributed by atoms with Crippen molar-refractivity contribution >= 4 is 24.0 Å². The van der Waals surface area contributed by atoms with Gasteiger partial charge in [0.15, 0.2) is 4.77 Å². The molecule has 4 nitrogen and oxygen atoms in total. The molecule has 0 saturated carbocycles. The second-order valence-electron chi connectivity index (χ2n) is 4.95. The predicted octanol–water partition coefficient (Wildman–Crippen LogP) is 2.64. The molecule has 0 radical (unpaired) electrons. The first kappa shape index (κ1) is 13.7. The van der Waals surface area contributed by atoms with Crippen LogP contribution in [0.3, 0.4) is 0 Å². The molecule has 0 amide bonds. The Morgan fingerprint density at radius 2 is 2.35 bits per heavy atom. The Labute approximate surface area is 127 Å². The van der Waals surface area contributed by atoms with Gasteiger partial charge in [-0.15, -0.1) is 11.8 Å². The molecule has 0 saturated heterocycles. The normalized spacial score (nSPS) is 17.9. The molecular weight excluding hydrogens is 290 g/mol. The maximum atomic E-state index is 9.64.